The van der Waals surface area contributed by atoms with Gasteiger partial charge in [-0.1, -0.05) is 45.9 Å². The molecular weight excluding hydrogens is 372 g/mol. The number of anilines is 1. The number of pyridine rings is 1. The van der Waals surface area contributed by atoms with Gasteiger partial charge in [-0.05, 0) is 69.1 Å². The van der Waals surface area contributed by atoms with Crippen molar-refractivity contribution >= 4 is 5.69 Å². The number of nitrogens with zero attached hydrogens (tertiary/aromatic N) is 2. The Hall–Kier alpha value is -1.95. The molecule has 170 valence electrons. The molecule has 0 fully saturated rings. The van der Waals surface area contributed by atoms with Crippen molar-refractivity contribution in [2.75, 3.05) is 39.0 Å². The number of hydrogen-bond acceptors (Lipinski definition) is 5. The number of aliphatic hydroxyl groups is 1. The van der Waals surface area contributed by atoms with Crippen molar-refractivity contribution in [1.82, 2.24) is 15.2 Å². The topological polar surface area (TPSA) is 74.4 Å². The fraction of sp³-hybridized carbons (Fsp3) is 0.560. The third-order valence-corrected chi connectivity index (χ3v) is 4.89. The normalized spacial score (nSPS) is 11.2. The minimum atomic E-state index is 0.448. The fourth-order valence-electron chi connectivity index (χ4n) is 3.09. The maximum absolute atomic E-state index is 7.00. The second-order valence-corrected chi connectivity index (χ2v) is 7.06. The zero-order chi connectivity index (χ0) is 22.8. The zero-order valence-electron chi connectivity index (χ0n) is 20.0. The van der Waals surface area contributed by atoms with Crippen LogP contribution in [-0.4, -0.2) is 48.3 Å². The first kappa shape index (κ1) is 28.1. The highest BCUT2D eigenvalue weighted by Gasteiger charge is 2.14. The molecule has 0 amide bonds. The lowest BCUT2D eigenvalue weighted by Gasteiger charge is -2.29. The lowest BCUT2D eigenvalue weighted by atomic mass is 10.1. The van der Waals surface area contributed by atoms with Crippen LogP contribution in [0.2, 0.25) is 0 Å². The second-order valence-electron chi connectivity index (χ2n) is 7.06. The van der Waals surface area contributed by atoms with Gasteiger partial charge in [0.2, 0.25) is 0 Å². The molecule has 0 aliphatic heterocycles. The van der Waals surface area contributed by atoms with Crippen LogP contribution in [0.25, 0.3) is 0 Å². The van der Waals surface area contributed by atoms with Gasteiger partial charge in [0.15, 0.2) is 0 Å². The molecule has 1 unspecified atom stereocenters. The molecule has 1 heterocycles. The summed E-state index contributed by atoms with van der Waals surface area (Å²) in [6.45, 7) is 15.2. The van der Waals surface area contributed by atoms with E-state index in [4.69, 9.17) is 10.8 Å². The summed E-state index contributed by atoms with van der Waals surface area (Å²) in [6, 6.07) is 14.9. The van der Waals surface area contributed by atoms with E-state index in [0.29, 0.717) is 6.04 Å². The standard InChI is InChI=1S/C15H27N3.C9H13N.CH4O/c1-4-11-18(12-10-17-5-2)13(3)14-6-8-15(16)9-7-14;1-3-8-6-5-7-9(4-2)10-8;1-2/h6-9,13,17H,4-5,10-12,16H2,1-3H3;5-7H,3-4H2,1-2H3;2H,1H3. The van der Waals surface area contributed by atoms with Gasteiger partial charge in [0.25, 0.3) is 0 Å². The molecule has 30 heavy (non-hydrogen) atoms. The highest BCUT2D eigenvalue weighted by Crippen LogP contribution is 2.21. The smallest absolute Gasteiger partial charge is 0.0404 e. The van der Waals surface area contributed by atoms with Crippen molar-refractivity contribution in [3.63, 3.8) is 0 Å². The Kier molecular flexibility index (Phi) is 16.7. The summed E-state index contributed by atoms with van der Waals surface area (Å²) >= 11 is 0. The van der Waals surface area contributed by atoms with Crippen molar-refractivity contribution in [2.45, 2.75) is 59.9 Å². The van der Waals surface area contributed by atoms with Crippen LogP contribution in [0.15, 0.2) is 42.5 Å². The van der Waals surface area contributed by atoms with Crippen molar-refractivity contribution in [3.8, 4) is 0 Å². The molecular formula is C25H44N4O. The van der Waals surface area contributed by atoms with Crippen molar-refractivity contribution < 1.29 is 5.11 Å². The molecule has 0 aliphatic rings. The number of likely N-dealkylation sites (N-methyl/N-ethyl adjacent to an activating group) is 1. The van der Waals surface area contributed by atoms with Crippen LogP contribution in [0.1, 0.15) is 64.0 Å². The van der Waals surface area contributed by atoms with E-state index in [-0.39, 0.29) is 0 Å². The molecule has 0 saturated heterocycles. The molecule has 0 aliphatic carbocycles. The number of nitrogen functional groups attached to an aromatic ring is 1. The summed E-state index contributed by atoms with van der Waals surface area (Å²) in [5.74, 6) is 0. The van der Waals surface area contributed by atoms with Gasteiger partial charge in [0.05, 0.1) is 0 Å². The molecule has 0 bridgehead atoms. The SMILES string of the molecule is CCCN(CCNCC)C(C)c1ccc(N)cc1.CCc1cccc(CC)n1.CO. The molecule has 1 aromatic carbocycles. The van der Waals surface area contributed by atoms with E-state index in [0.717, 1.165) is 51.8 Å². The Morgan fingerprint density at radius 3 is 1.97 bits per heavy atom. The van der Waals surface area contributed by atoms with Crippen molar-refractivity contribution in [3.05, 3.63) is 59.4 Å². The monoisotopic (exact) mass is 416 g/mol. The van der Waals surface area contributed by atoms with E-state index in [9.17, 15) is 0 Å². The van der Waals surface area contributed by atoms with E-state index >= 15 is 0 Å². The van der Waals surface area contributed by atoms with Gasteiger partial charge in [-0.2, -0.15) is 0 Å². The average Bonchev–Trinajstić information content (AvgIpc) is 2.80. The number of aliphatic hydroxyl groups excluding tert-OH is 1. The molecule has 0 radical (unpaired) electrons. The average molecular weight is 417 g/mol. The lowest BCUT2D eigenvalue weighted by Crippen LogP contribution is -2.34. The summed E-state index contributed by atoms with van der Waals surface area (Å²) in [7, 11) is 1.00. The number of aromatic nitrogens is 1. The highest BCUT2D eigenvalue weighted by atomic mass is 16.2. The van der Waals surface area contributed by atoms with Crippen LogP contribution >= 0.6 is 0 Å². The second kappa shape index (κ2) is 17.9. The Balaban J connectivity index is 0.000000590. The molecule has 2 aromatic rings. The Bertz CT molecular complexity index is 627. The minimum Gasteiger partial charge on any atom is -0.400 e. The third kappa shape index (κ3) is 11.3. The Morgan fingerprint density at radius 1 is 0.933 bits per heavy atom. The lowest BCUT2D eigenvalue weighted by molar-refractivity contribution is 0.211. The molecule has 0 spiro atoms. The van der Waals surface area contributed by atoms with Gasteiger partial charge in [-0.3, -0.25) is 9.88 Å². The molecule has 4 N–H and O–H groups in total. The van der Waals surface area contributed by atoms with Gasteiger partial charge in [0, 0.05) is 43.3 Å². The summed E-state index contributed by atoms with van der Waals surface area (Å²) in [6.07, 6.45) is 3.26. The van der Waals surface area contributed by atoms with Crippen LogP contribution in [0, 0.1) is 0 Å². The fourth-order valence-corrected chi connectivity index (χ4v) is 3.09. The molecule has 5 nitrogen and oxygen atoms in total. The van der Waals surface area contributed by atoms with E-state index in [2.05, 4.69) is 80.2 Å². The number of nitrogens with two attached hydrogens (primary N) is 1. The van der Waals surface area contributed by atoms with Gasteiger partial charge in [-0.25, -0.2) is 0 Å². The zero-order valence-corrected chi connectivity index (χ0v) is 20.0. The maximum Gasteiger partial charge on any atom is 0.0404 e. The van der Waals surface area contributed by atoms with Crippen molar-refractivity contribution in [2.24, 2.45) is 0 Å². The van der Waals surface area contributed by atoms with Crippen LogP contribution < -0.4 is 11.1 Å². The third-order valence-electron chi connectivity index (χ3n) is 4.89. The number of rotatable bonds is 10. The van der Waals surface area contributed by atoms with E-state index in [1.54, 1.807) is 0 Å². The molecule has 1 atom stereocenters. The highest BCUT2D eigenvalue weighted by molar-refractivity contribution is 5.40. The van der Waals surface area contributed by atoms with Crippen molar-refractivity contribution in [1.29, 1.82) is 0 Å². The first-order chi connectivity index (χ1) is 14.5. The van der Waals surface area contributed by atoms with Crippen LogP contribution in [0.5, 0.6) is 0 Å². The summed E-state index contributed by atoms with van der Waals surface area (Å²) < 4.78 is 0. The Morgan fingerprint density at radius 2 is 1.50 bits per heavy atom. The van der Waals surface area contributed by atoms with E-state index in [1.807, 2.05) is 12.1 Å². The van der Waals surface area contributed by atoms with Crippen LogP contribution in [-0.2, 0) is 12.8 Å². The van der Waals surface area contributed by atoms with Crippen LogP contribution in [0.4, 0.5) is 5.69 Å². The summed E-state index contributed by atoms with van der Waals surface area (Å²) in [5, 5.41) is 10.4. The predicted octanol–water partition coefficient (Wildman–Crippen LogP) is 4.47. The van der Waals surface area contributed by atoms with E-state index < -0.39 is 0 Å². The predicted molar refractivity (Wildman–Crippen MR) is 131 cm³/mol. The number of aryl methyl sites for hydroxylation is 2. The Labute approximate surface area is 184 Å². The largest absolute Gasteiger partial charge is 0.400 e. The maximum atomic E-state index is 7.00. The van der Waals surface area contributed by atoms with Crippen LogP contribution in [0.3, 0.4) is 0 Å². The van der Waals surface area contributed by atoms with Gasteiger partial charge < -0.3 is 16.2 Å². The van der Waals surface area contributed by atoms with Gasteiger partial charge >= 0.3 is 0 Å². The van der Waals surface area contributed by atoms with E-state index in [1.165, 1.54) is 23.4 Å². The number of benzene rings is 1. The first-order valence-electron chi connectivity index (χ1n) is 11.2. The molecule has 2 rings (SSSR count). The molecule has 1 aromatic heterocycles. The van der Waals surface area contributed by atoms with Gasteiger partial charge in [0.1, 0.15) is 0 Å². The number of nitrogens with one attached hydrogen (secondary N) is 1. The summed E-state index contributed by atoms with van der Waals surface area (Å²) in [4.78, 5) is 6.93. The first-order valence-corrected chi connectivity index (χ1v) is 11.2. The number of hydrogen-bond donors (Lipinski definition) is 3. The minimum absolute atomic E-state index is 0.448. The van der Waals surface area contributed by atoms with Gasteiger partial charge in [-0.15, -0.1) is 0 Å². The molecule has 5 heteroatoms. The summed E-state index contributed by atoms with van der Waals surface area (Å²) in [5.41, 5.74) is 10.3. The quantitative estimate of drug-likeness (QED) is 0.394. The molecule has 0 saturated carbocycles.